The van der Waals surface area contributed by atoms with E-state index < -0.39 is 18.4 Å². The summed E-state index contributed by atoms with van der Waals surface area (Å²) < 4.78 is 32.5. The highest BCUT2D eigenvalue weighted by Gasteiger charge is 2.40. The molecule has 2 aromatic carbocycles. The van der Waals surface area contributed by atoms with E-state index in [9.17, 15) is 18.8 Å². The van der Waals surface area contributed by atoms with Gasteiger partial charge in [-0.25, -0.2) is 8.78 Å². The van der Waals surface area contributed by atoms with Gasteiger partial charge in [0.15, 0.2) is 6.73 Å². The first kappa shape index (κ1) is 17.0. The predicted octanol–water partition coefficient (Wildman–Crippen LogP) is 2.81. The van der Waals surface area contributed by atoms with Gasteiger partial charge in [0.2, 0.25) is 0 Å². The molecule has 10 heteroatoms. The Morgan fingerprint density at radius 1 is 1.18 bits per heavy atom. The highest BCUT2D eigenvalue weighted by Crippen LogP contribution is 2.42. The Labute approximate surface area is 158 Å². The molecule has 3 aliphatic heterocycles. The number of benzene rings is 2. The van der Waals surface area contributed by atoms with Crippen molar-refractivity contribution in [1.29, 1.82) is 0 Å². The van der Waals surface area contributed by atoms with Gasteiger partial charge in [0.25, 0.3) is 11.8 Å². The summed E-state index contributed by atoms with van der Waals surface area (Å²) in [5.74, 6) is -2.74. The molecule has 28 heavy (non-hydrogen) atoms. The number of nitrogens with zero attached hydrogens (tertiary/aromatic N) is 3. The van der Waals surface area contributed by atoms with E-state index in [1.54, 1.807) is 30.3 Å². The van der Waals surface area contributed by atoms with Crippen LogP contribution in [0.2, 0.25) is 0 Å². The summed E-state index contributed by atoms with van der Waals surface area (Å²) >= 11 is 0. The molecule has 1 saturated heterocycles. The van der Waals surface area contributed by atoms with Crippen molar-refractivity contribution >= 4 is 28.7 Å². The molecule has 0 aromatic heterocycles. The lowest BCUT2D eigenvalue weighted by Gasteiger charge is -2.23. The van der Waals surface area contributed by atoms with Gasteiger partial charge in [-0.2, -0.15) is 5.53 Å². The van der Waals surface area contributed by atoms with E-state index >= 15 is 0 Å². The van der Waals surface area contributed by atoms with Crippen molar-refractivity contribution in [2.45, 2.75) is 12.3 Å². The summed E-state index contributed by atoms with van der Waals surface area (Å²) in [6, 6.07) is 10.2. The number of nitrogens with one attached hydrogen (secondary N) is 2. The summed E-state index contributed by atoms with van der Waals surface area (Å²) in [5.41, 5.74) is 8.24. The second-order valence-corrected chi connectivity index (χ2v) is 6.95. The van der Waals surface area contributed by atoms with Crippen LogP contribution in [0.4, 0.5) is 31.5 Å². The summed E-state index contributed by atoms with van der Waals surface area (Å²) in [5, 5.41) is 12.2. The zero-order valence-corrected chi connectivity index (χ0v) is 14.6. The number of rotatable bonds is 2. The van der Waals surface area contributed by atoms with E-state index in [4.69, 9.17) is 4.74 Å². The Morgan fingerprint density at radius 3 is 2.79 bits per heavy atom. The summed E-state index contributed by atoms with van der Waals surface area (Å²) in [4.78, 5) is 15.6. The van der Waals surface area contributed by atoms with Gasteiger partial charge in [-0.1, -0.05) is 0 Å². The Bertz CT molecular complexity index is 970. The highest BCUT2D eigenvalue weighted by atomic mass is 19.3. The van der Waals surface area contributed by atoms with Crippen molar-refractivity contribution in [3.05, 3.63) is 47.2 Å². The van der Waals surface area contributed by atoms with Crippen LogP contribution in [0.3, 0.4) is 0 Å². The van der Waals surface area contributed by atoms with Crippen molar-refractivity contribution < 1.29 is 18.3 Å². The van der Waals surface area contributed by atoms with Crippen molar-refractivity contribution in [2.24, 2.45) is 0 Å². The van der Waals surface area contributed by atoms with Gasteiger partial charge in [-0.3, -0.25) is 4.79 Å². The molecule has 2 N–H and O–H groups in total. The van der Waals surface area contributed by atoms with Gasteiger partial charge in [0.1, 0.15) is 5.75 Å². The number of hydrogen-bond acceptors (Lipinski definition) is 7. The highest BCUT2D eigenvalue weighted by molar-refractivity contribution is 5.96. The zero-order chi connectivity index (χ0) is 19.5. The van der Waals surface area contributed by atoms with Crippen LogP contribution in [0, 0.1) is 5.21 Å². The average molecular weight is 388 g/mol. The number of halogens is 2. The van der Waals surface area contributed by atoms with Crippen LogP contribution < -0.4 is 25.8 Å². The molecule has 0 aliphatic carbocycles. The van der Waals surface area contributed by atoms with E-state index in [-0.39, 0.29) is 19.7 Å². The number of carbonyl (C=O) groups is 1. The van der Waals surface area contributed by atoms with E-state index in [1.807, 2.05) is 11.0 Å². The van der Waals surface area contributed by atoms with Crippen LogP contribution in [0.25, 0.3) is 0 Å². The third kappa shape index (κ3) is 2.69. The number of anilines is 4. The van der Waals surface area contributed by atoms with Gasteiger partial charge in [0.05, 0.1) is 23.6 Å². The number of hydrazine groups is 2. The van der Waals surface area contributed by atoms with Crippen LogP contribution in [0.5, 0.6) is 5.75 Å². The minimum Gasteiger partial charge on any atom is -0.742 e. The van der Waals surface area contributed by atoms with Crippen LogP contribution in [-0.2, 0) is 0 Å². The van der Waals surface area contributed by atoms with Crippen LogP contribution in [-0.4, -0.2) is 36.5 Å². The predicted molar refractivity (Wildman–Crippen MR) is 98.6 cm³/mol. The molecule has 0 saturated carbocycles. The van der Waals surface area contributed by atoms with Gasteiger partial charge in [-0.15, -0.1) is 0 Å². The molecule has 8 nitrogen and oxygen atoms in total. The van der Waals surface area contributed by atoms with Gasteiger partial charge in [-0.05, 0) is 36.4 Å². The van der Waals surface area contributed by atoms with Crippen molar-refractivity contribution in [2.75, 3.05) is 35.3 Å². The molecular weight excluding hydrogens is 372 g/mol. The molecule has 0 spiro atoms. The maximum Gasteiger partial charge on any atom is 0.267 e. The number of fused-ring (bicyclic) bond motifs is 2. The molecule has 2 aromatic rings. The number of ether oxygens (including phenoxy) is 1. The summed E-state index contributed by atoms with van der Waals surface area (Å²) in [6.45, 7) is -0.270. The van der Waals surface area contributed by atoms with E-state index in [0.717, 1.165) is 11.4 Å². The fraction of sp³-hybridized carbons (Fsp3) is 0.278. The quantitative estimate of drug-likeness (QED) is 0.819. The lowest BCUT2D eigenvalue weighted by atomic mass is 10.1. The van der Waals surface area contributed by atoms with Gasteiger partial charge < -0.3 is 30.3 Å². The maximum atomic E-state index is 13.4. The van der Waals surface area contributed by atoms with E-state index in [1.165, 1.54) is 4.90 Å². The summed E-state index contributed by atoms with van der Waals surface area (Å²) in [7, 11) is 0. The van der Waals surface area contributed by atoms with Crippen LogP contribution in [0.15, 0.2) is 36.4 Å². The second-order valence-electron chi connectivity index (χ2n) is 6.95. The molecule has 146 valence electrons. The Balaban J connectivity index is 1.39. The molecule has 1 amide bonds. The van der Waals surface area contributed by atoms with Crippen molar-refractivity contribution in [1.82, 2.24) is 10.4 Å². The van der Waals surface area contributed by atoms with Gasteiger partial charge in [0, 0.05) is 24.2 Å². The number of alkyl halides is 2. The molecule has 0 unspecified atom stereocenters. The molecule has 1 fully saturated rings. The first-order valence-electron chi connectivity index (χ1n) is 8.76. The Hall–Kier alpha value is -3.11. The van der Waals surface area contributed by atoms with Gasteiger partial charge >= 0.3 is 0 Å². The van der Waals surface area contributed by atoms with Crippen molar-refractivity contribution in [3.63, 3.8) is 0 Å². The smallest absolute Gasteiger partial charge is 0.267 e. The Kier molecular flexibility index (Phi) is 3.61. The zero-order valence-electron chi connectivity index (χ0n) is 14.6. The fourth-order valence-corrected chi connectivity index (χ4v) is 3.64. The molecular formula is C18H16F2N5O3-. The monoisotopic (exact) mass is 388 g/mol. The minimum absolute atomic E-state index is 0.0444. The number of amides is 1. The van der Waals surface area contributed by atoms with Crippen LogP contribution >= 0.6 is 0 Å². The van der Waals surface area contributed by atoms with Crippen LogP contribution in [0.1, 0.15) is 16.8 Å². The number of likely N-dealkylation sites (tertiary alicyclic amines) is 1. The standard InChI is InChI=1S/C18H16F2N5O3/c19-18(20)5-6-23(9-18)17(26)11-1-3-15-16(7-11)28-10-24(15)12-2-4-14-13(8-12)21-22-25(14)27/h1-4,7-8,21-22H,5-6,9-10H2/q-1. The lowest BCUT2D eigenvalue weighted by Crippen LogP contribution is -2.31. The lowest BCUT2D eigenvalue weighted by molar-refractivity contribution is 0.0120. The molecule has 0 bridgehead atoms. The van der Waals surface area contributed by atoms with E-state index in [2.05, 4.69) is 11.0 Å². The molecule has 5 rings (SSSR count). The first-order valence-corrected chi connectivity index (χ1v) is 8.76. The normalized spacial score (nSPS) is 19.3. The van der Waals surface area contributed by atoms with E-state index in [0.29, 0.717) is 27.9 Å². The number of carbonyl (C=O) groups excluding carboxylic acids is 1. The number of hydrogen-bond donors (Lipinski definition) is 2. The third-order valence-corrected chi connectivity index (χ3v) is 5.11. The largest absolute Gasteiger partial charge is 0.742 e. The minimum atomic E-state index is -2.82. The average Bonchev–Trinajstić information content (AvgIpc) is 3.37. The molecule has 0 atom stereocenters. The first-order chi connectivity index (χ1) is 13.4. The Morgan fingerprint density at radius 2 is 2.00 bits per heavy atom. The maximum absolute atomic E-state index is 13.4. The second kappa shape index (κ2) is 5.94. The molecule has 3 heterocycles. The SMILES string of the molecule is O=C(c1ccc2c(c1)OCN2c1ccc2c(c1)NNN2[O-])N1CCC(F)(F)C1. The topological polar surface area (TPSA) is 83.1 Å². The molecule has 3 aliphatic rings. The summed E-state index contributed by atoms with van der Waals surface area (Å²) in [6.07, 6.45) is -0.310. The fourth-order valence-electron chi connectivity index (χ4n) is 3.64. The third-order valence-electron chi connectivity index (χ3n) is 5.11. The molecule has 0 radical (unpaired) electrons. The van der Waals surface area contributed by atoms with Crippen molar-refractivity contribution in [3.8, 4) is 5.75 Å².